The summed E-state index contributed by atoms with van der Waals surface area (Å²) in [6, 6.07) is 12.5. The number of ether oxygens (including phenoxy) is 1. The van der Waals surface area contributed by atoms with Crippen LogP contribution in [-0.2, 0) is 10.0 Å². The van der Waals surface area contributed by atoms with Crippen LogP contribution in [0.1, 0.15) is 5.56 Å². The summed E-state index contributed by atoms with van der Waals surface area (Å²) < 4.78 is 35.4. The third kappa shape index (κ3) is 4.33. The first-order chi connectivity index (χ1) is 12.8. The lowest BCUT2D eigenvalue weighted by molar-refractivity contribution is 0.407. The molecule has 2 aromatic rings. The van der Waals surface area contributed by atoms with Crippen molar-refractivity contribution in [3.05, 3.63) is 48.0 Å². The fraction of sp³-hybridized carbons (Fsp3) is 0.368. The predicted molar refractivity (Wildman–Crippen MR) is 118 cm³/mol. The number of aryl methyl sites for hydroxylation is 1. The van der Waals surface area contributed by atoms with Crippen molar-refractivity contribution in [3.8, 4) is 5.75 Å². The summed E-state index contributed by atoms with van der Waals surface area (Å²) in [6.07, 6.45) is 0. The average molecular weight is 501 g/mol. The highest BCUT2D eigenvalue weighted by molar-refractivity contribution is 14.1. The second kappa shape index (κ2) is 8.24. The number of hydrogen-bond donors (Lipinski definition) is 0. The maximum atomic E-state index is 13.2. The normalized spacial score (nSPS) is 15.6. The van der Waals surface area contributed by atoms with Gasteiger partial charge in [-0.25, -0.2) is 11.5 Å². The number of methoxy groups -OCH3 is 1. The van der Waals surface area contributed by atoms with E-state index in [2.05, 4.69) is 30.9 Å². The number of benzene rings is 2. The quantitative estimate of drug-likeness (QED) is 0.465. The number of nitrogens with zero attached hydrogens (tertiary/aromatic N) is 3. The Balaban J connectivity index is 1.97. The number of halogens is 1. The molecule has 2 aromatic carbocycles. The zero-order chi connectivity index (χ0) is 19.6. The number of piperazine rings is 1. The van der Waals surface area contributed by atoms with Crippen LogP contribution in [0.2, 0.25) is 0 Å². The summed E-state index contributed by atoms with van der Waals surface area (Å²) >= 11 is 2.31. The number of hydrogen-bond acceptors (Lipinski definition) is 5. The second-order valence-electron chi connectivity index (χ2n) is 6.54. The van der Waals surface area contributed by atoms with Crippen LogP contribution < -0.4 is 13.9 Å². The van der Waals surface area contributed by atoms with E-state index in [1.807, 2.05) is 25.1 Å². The molecule has 0 atom stereocenters. The van der Waals surface area contributed by atoms with Crippen LogP contribution in [0, 0.1) is 6.92 Å². The van der Waals surface area contributed by atoms with Crippen LogP contribution in [0.25, 0.3) is 0 Å². The fourth-order valence-corrected chi connectivity index (χ4v) is 4.76. The maximum Gasteiger partial charge on any atom is 0.264 e. The van der Waals surface area contributed by atoms with Crippen molar-refractivity contribution in [3.63, 3.8) is 0 Å². The molecule has 0 radical (unpaired) electrons. The van der Waals surface area contributed by atoms with Gasteiger partial charge >= 0.3 is 0 Å². The third-order valence-corrected chi connectivity index (χ3v) is 7.49. The minimum Gasteiger partial charge on any atom is -0.495 e. The zero-order valence-electron chi connectivity index (χ0n) is 15.7. The molecule has 0 aromatic heterocycles. The van der Waals surface area contributed by atoms with Gasteiger partial charge in [0, 0.05) is 56.1 Å². The van der Waals surface area contributed by atoms with E-state index in [4.69, 9.17) is 4.74 Å². The average Bonchev–Trinajstić information content (AvgIpc) is 2.67. The second-order valence-corrected chi connectivity index (χ2v) is 9.88. The lowest BCUT2D eigenvalue weighted by Crippen LogP contribution is -2.42. The molecule has 0 amide bonds. The first-order valence-corrected chi connectivity index (χ1v) is 11.1. The topological polar surface area (TPSA) is 53.1 Å². The fourth-order valence-electron chi connectivity index (χ4n) is 3.12. The van der Waals surface area contributed by atoms with Crippen LogP contribution >= 0.6 is 22.9 Å². The highest BCUT2D eigenvalue weighted by Gasteiger charge is 2.25. The smallest absolute Gasteiger partial charge is 0.264 e. The largest absolute Gasteiger partial charge is 0.495 e. The number of anilines is 2. The van der Waals surface area contributed by atoms with Crippen LogP contribution in [0.15, 0.2) is 47.4 Å². The Kier molecular flexibility index (Phi) is 6.17. The Morgan fingerprint density at radius 2 is 1.78 bits per heavy atom. The molecule has 27 heavy (non-hydrogen) atoms. The molecule has 1 heterocycles. The molecule has 0 spiro atoms. The Bertz CT molecular complexity index is 912. The zero-order valence-corrected chi connectivity index (χ0v) is 18.7. The Labute approximate surface area is 175 Å². The molecule has 1 aliphatic heterocycles. The molecule has 1 fully saturated rings. The molecule has 6 nitrogen and oxygen atoms in total. The van der Waals surface area contributed by atoms with E-state index in [1.54, 1.807) is 38.4 Å². The Hall–Kier alpha value is -1.52. The monoisotopic (exact) mass is 501 g/mol. The van der Waals surface area contributed by atoms with Crippen LogP contribution in [-0.4, -0.2) is 51.9 Å². The standard InChI is InChI=1S/C19H24IN3O3S/c1-15-5-4-6-16(13-15)21(2)27(24,25)17-7-8-19(26-3)18(14-17)22-9-11-23(20)12-10-22/h4-8,13-14H,9-12H2,1-3H3. The Morgan fingerprint density at radius 3 is 2.41 bits per heavy atom. The van der Waals surface area contributed by atoms with Gasteiger partial charge in [-0.3, -0.25) is 4.31 Å². The minimum atomic E-state index is -3.67. The molecule has 0 bridgehead atoms. The molecule has 8 heteroatoms. The van der Waals surface area contributed by atoms with E-state index in [0.29, 0.717) is 11.4 Å². The molecular formula is C19H24IN3O3S. The molecule has 1 aliphatic rings. The number of sulfonamides is 1. The SMILES string of the molecule is COc1ccc(S(=O)(=O)N(C)c2cccc(C)c2)cc1N1CCN(I)CC1. The Morgan fingerprint density at radius 1 is 1.07 bits per heavy atom. The maximum absolute atomic E-state index is 13.2. The van der Waals surface area contributed by atoms with Crippen LogP contribution in [0.5, 0.6) is 5.75 Å². The molecule has 0 N–H and O–H groups in total. The van der Waals surface area contributed by atoms with Crippen molar-refractivity contribution in [2.75, 3.05) is 49.5 Å². The molecule has 3 rings (SSSR count). The molecular weight excluding hydrogens is 477 g/mol. The summed E-state index contributed by atoms with van der Waals surface area (Å²) in [6.45, 7) is 5.45. The van der Waals surface area contributed by atoms with Crippen molar-refractivity contribution in [1.82, 2.24) is 3.11 Å². The van der Waals surface area contributed by atoms with Crippen molar-refractivity contribution in [1.29, 1.82) is 0 Å². The van der Waals surface area contributed by atoms with Crippen molar-refractivity contribution in [2.45, 2.75) is 11.8 Å². The van der Waals surface area contributed by atoms with Crippen molar-refractivity contribution >= 4 is 44.3 Å². The third-order valence-electron chi connectivity index (χ3n) is 4.74. The van der Waals surface area contributed by atoms with Gasteiger partial charge in [-0.15, -0.1) is 0 Å². The molecule has 1 saturated heterocycles. The van der Waals surface area contributed by atoms with E-state index in [1.165, 1.54) is 4.31 Å². The van der Waals surface area contributed by atoms with Crippen LogP contribution in [0.4, 0.5) is 11.4 Å². The summed E-state index contributed by atoms with van der Waals surface area (Å²) in [5, 5.41) is 0. The summed E-state index contributed by atoms with van der Waals surface area (Å²) in [4.78, 5) is 2.44. The van der Waals surface area contributed by atoms with Gasteiger partial charge in [-0.1, -0.05) is 12.1 Å². The van der Waals surface area contributed by atoms with E-state index in [0.717, 1.165) is 37.4 Å². The van der Waals surface area contributed by atoms with E-state index in [9.17, 15) is 8.42 Å². The highest BCUT2D eigenvalue weighted by atomic mass is 127. The van der Waals surface area contributed by atoms with Crippen molar-refractivity contribution < 1.29 is 13.2 Å². The lowest BCUT2D eigenvalue weighted by atomic mass is 10.2. The van der Waals surface area contributed by atoms with Crippen LogP contribution in [0.3, 0.4) is 0 Å². The van der Waals surface area contributed by atoms with Gasteiger partial charge < -0.3 is 9.64 Å². The van der Waals surface area contributed by atoms with Crippen molar-refractivity contribution in [2.24, 2.45) is 0 Å². The minimum absolute atomic E-state index is 0.263. The van der Waals surface area contributed by atoms with E-state index in [-0.39, 0.29) is 4.90 Å². The predicted octanol–water partition coefficient (Wildman–Crippen LogP) is 3.30. The van der Waals surface area contributed by atoms with Gasteiger partial charge in [-0.2, -0.15) is 0 Å². The first-order valence-electron chi connectivity index (χ1n) is 8.72. The van der Waals surface area contributed by atoms with Gasteiger partial charge in [0.25, 0.3) is 10.0 Å². The van der Waals surface area contributed by atoms with E-state index < -0.39 is 10.0 Å². The summed E-state index contributed by atoms with van der Waals surface area (Å²) in [5.41, 5.74) is 2.48. The highest BCUT2D eigenvalue weighted by Crippen LogP contribution is 2.33. The molecule has 0 saturated carbocycles. The number of rotatable bonds is 5. The molecule has 0 unspecified atom stereocenters. The van der Waals surface area contributed by atoms with Gasteiger partial charge in [-0.05, 0) is 42.8 Å². The summed E-state index contributed by atoms with van der Waals surface area (Å²) in [5.74, 6) is 0.689. The van der Waals surface area contributed by atoms with Gasteiger partial charge in [0.1, 0.15) is 5.75 Å². The van der Waals surface area contributed by atoms with E-state index >= 15 is 0 Å². The molecule has 146 valence electrons. The molecule has 0 aliphatic carbocycles. The first kappa shape index (κ1) is 20.2. The van der Waals surface area contributed by atoms with Gasteiger partial charge in [0.2, 0.25) is 0 Å². The van der Waals surface area contributed by atoms with Gasteiger partial charge in [0.05, 0.1) is 23.4 Å². The van der Waals surface area contributed by atoms with Gasteiger partial charge in [0.15, 0.2) is 0 Å². The lowest BCUT2D eigenvalue weighted by Gasteiger charge is -2.34. The summed E-state index contributed by atoms with van der Waals surface area (Å²) in [7, 11) is -0.469.